The van der Waals surface area contributed by atoms with Crippen LogP contribution in [0.3, 0.4) is 0 Å². The van der Waals surface area contributed by atoms with E-state index in [4.69, 9.17) is 14.9 Å². The van der Waals surface area contributed by atoms with Gasteiger partial charge in [0, 0.05) is 10.9 Å². The molecule has 1 rings (SSSR count). The van der Waals surface area contributed by atoms with Gasteiger partial charge >= 0.3 is 11.9 Å². The van der Waals surface area contributed by atoms with E-state index >= 15 is 0 Å². The zero-order chi connectivity index (χ0) is 15.8. The Kier molecular flexibility index (Phi) is 6.67. The molecule has 1 aromatic carbocycles. The molecule has 0 bridgehead atoms. The van der Waals surface area contributed by atoms with Crippen LogP contribution in [0.4, 0.5) is 0 Å². The number of carbonyl (C=O) groups is 3. The van der Waals surface area contributed by atoms with Crippen LogP contribution in [0, 0.1) is 0 Å². The molecular formula is C13H14BrNO6. The Bertz CT molecular complexity index is 533. The van der Waals surface area contributed by atoms with Gasteiger partial charge in [0.05, 0.1) is 0 Å². The maximum atomic E-state index is 11.6. The van der Waals surface area contributed by atoms with E-state index in [1.165, 1.54) is 0 Å². The first kappa shape index (κ1) is 17.0. The number of aliphatic carboxylic acids is 2. The number of hydrogen-bond acceptors (Lipinski definition) is 4. The molecule has 0 saturated carbocycles. The van der Waals surface area contributed by atoms with Crippen molar-refractivity contribution in [2.24, 2.45) is 0 Å². The Morgan fingerprint density at radius 2 is 2.00 bits per heavy atom. The van der Waals surface area contributed by atoms with Gasteiger partial charge in [-0.1, -0.05) is 22.0 Å². The molecule has 0 aliphatic rings. The molecular weight excluding hydrogens is 346 g/mol. The normalized spacial score (nSPS) is 11.5. The van der Waals surface area contributed by atoms with Crippen molar-refractivity contribution in [3.8, 4) is 5.75 Å². The Morgan fingerprint density at radius 1 is 1.29 bits per heavy atom. The molecule has 7 nitrogen and oxygen atoms in total. The number of carboxylic acids is 2. The number of hydrogen-bond donors (Lipinski definition) is 3. The molecule has 0 unspecified atom stereocenters. The smallest absolute Gasteiger partial charge is 0.326 e. The van der Waals surface area contributed by atoms with Crippen molar-refractivity contribution in [3.63, 3.8) is 0 Å². The van der Waals surface area contributed by atoms with Crippen molar-refractivity contribution in [1.29, 1.82) is 0 Å². The maximum absolute atomic E-state index is 11.6. The summed E-state index contributed by atoms with van der Waals surface area (Å²) in [5.41, 5.74) is 0. The molecule has 21 heavy (non-hydrogen) atoms. The first-order valence-electron chi connectivity index (χ1n) is 6.01. The van der Waals surface area contributed by atoms with Crippen molar-refractivity contribution in [2.45, 2.75) is 18.9 Å². The molecule has 0 fully saturated rings. The van der Waals surface area contributed by atoms with Crippen LogP contribution in [-0.2, 0) is 14.4 Å². The molecule has 0 spiro atoms. The molecule has 3 N–H and O–H groups in total. The standard InChI is InChI=1S/C13H14BrNO6/c14-8-2-1-3-9(6-8)21-7-11(16)15-10(13(19)20)4-5-12(17)18/h1-3,6,10H,4-5,7H2,(H,15,16)(H,17,18)(H,19,20)/t10-/m0/s1. The molecule has 1 aromatic rings. The molecule has 0 aliphatic carbocycles. The lowest BCUT2D eigenvalue weighted by Gasteiger charge is -2.14. The van der Waals surface area contributed by atoms with Gasteiger partial charge < -0.3 is 20.3 Å². The quantitative estimate of drug-likeness (QED) is 0.643. The molecule has 0 heterocycles. The van der Waals surface area contributed by atoms with Crippen LogP contribution in [0.2, 0.25) is 0 Å². The van der Waals surface area contributed by atoms with Crippen LogP contribution in [0.25, 0.3) is 0 Å². The fraction of sp³-hybridized carbons (Fsp3) is 0.308. The Labute approximate surface area is 129 Å². The van der Waals surface area contributed by atoms with Crippen molar-refractivity contribution in [2.75, 3.05) is 6.61 Å². The molecule has 0 aromatic heterocycles. The highest BCUT2D eigenvalue weighted by Crippen LogP contribution is 2.17. The third kappa shape index (κ3) is 6.75. The van der Waals surface area contributed by atoms with Gasteiger partial charge in [-0.3, -0.25) is 9.59 Å². The number of rotatable bonds is 8. The second-order valence-corrected chi connectivity index (χ2v) is 5.05. The van der Waals surface area contributed by atoms with Gasteiger partial charge in [0.25, 0.3) is 5.91 Å². The average Bonchev–Trinajstić information content (AvgIpc) is 2.40. The summed E-state index contributed by atoms with van der Waals surface area (Å²) in [5.74, 6) is -2.59. The fourth-order valence-electron chi connectivity index (χ4n) is 1.47. The van der Waals surface area contributed by atoms with Crippen molar-refractivity contribution >= 4 is 33.8 Å². The van der Waals surface area contributed by atoms with Gasteiger partial charge in [0.1, 0.15) is 11.8 Å². The highest BCUT2D eigenvalue weighted by Gasteiger charge is 2.21. The van der Waals surface area contributed by atoms with Crippen molar-refractivity contribution in [1.82, 2.24) is 5.32 Å². The van der Waals surface area contributed by atoms with E-state index in [2.05, 4.69) is 21.2 Å². The van der Waals surface area contributed by atoms with E-state index in [1.54, 1.807) is 24.3 Å². The van der Waals surface area contributed by atoms with Gasteiger partial charge in [-0.25, -0.2) is 4.79 Å². The summed E-state index contributed by atoms with van der Waals surface area (Å²) in [6.07, 6.45) is -0.531. The Hall–Kier alpha value is -2.09. The lowest BCUT2D eigenvalue weighted by atomic mass is 10.1. The van der Waals surface area contributed by atoms with Crippen LogP contribution in [0.1, 0.15) is 12.8 Å². The number of nitrogens with one attached hydrogen (secondary N) is 1. The van der Waals surface area contributed by atoms with E-state index in [0.717, 1.165) is 4.47 Å². The average molecular weight is 360 g/mol. The topological polar surface area (TPSA) is 113 Å². The zero-order valence-electron chi connectivity index (χ0n) is 10.9. The fourth-order valence-corrected chi connectivity index (χ4v) is 1.85. The Morgan fingerprint density at radius 3 is 2.57 bits per heavy atom. The van der Waals surface area contributed by atoms with Gasteiger partial charge in [0.15, 0.2) is 6.61 Å². The van der Waals surface area contributed by atoms with Crippen LogP contribution >= 0.6 is 15.9 Å². The summed E-state index contributed by atoms with van der Waals surface area (Å²) in [6.45, 7) is -0.354. The van der Waals surface area contributed by atoms with E-state index in [0.29, 0.717) is 5.75 Å². The molecule has 0 aliphatic heterocycles. The van der Waals surface area contributed by atoms with Gasteiger partial charge in [0.2, 0.25) is 0 Å². The monoisotopic (exact) mass is 359 g/mol. The molecule has 1 amide bonds. The second-order valence-electron chi connectivity index (χ2n) is 4.14. The van der Waals surface area contributed by atoms with E-state index in [1.807, 2.05) is 0 Å². The summed E-state index contributed by atoms with van der Waals surface area (Å²) in [6, 6.07) is 5.58. The summed E-state index contributed by atoms with van der Waals surface area (Å²) in [5, 5.41) is 19.6. The molecule has 1 atom stereocenters. The van der Waals surface area contributed by atoms with Crippen LogP contribution in [-0.4, -0.2) is 40.7 Å². The minimum absolute atomic E-state index is 0.187. The Balaban J connectivity index is 2.46. The molecule has 0 radical (unpaired) electrons. The second kappa shape index (κ2) is 8.25. The molecule has 8 heteroatoms. The lowest BCUT2D eigenvalue weighted by Crippen LogP contribution is -2.43. The lowest BCUT2D eigenvalue weighted by molar-refractivity contribution is -0.143. The zero-order valence-corrected chi connectivity index (χ0v) is 12.5. The van der Waals surface area contributed by atoms with E-state index in [9.17, 15) is 14.4 Å². The van der Waals surface area contributed by atoms with Crippen LogP contribution in [0.5, 0.6) is 5.75 Å². The van der Waals surface area contributed by atoms with E-state index in [-0.39, 0.29) is 19.4 Å². The molecule has 114 valence electrons. The third-order valence-corrected chi connectivity index (χ3v) is 2.94. The minimum atomic E-state index is -1.29. The van der Waals surface area contributed by atoms with Crippen molar-refractivity contribution < 1.29 is 29.3 Å². The molecule has 0 saturated heterocycles. The summed E-state index contributed by atoms with van der Waals surface area (Å²) >= 11 is 3.25. The van der Waals surface area contributed by atoms with Gasteiger partial charge in [-0.2, -0.15) is 0 Å². The number of amides is 1. The van der Waals surface area contributed by atoms with Crippen LogP contribution in [0.15, 0.2) is 28.7 Å². The number of carbonyl (C=O) groups excluding carboxylic acids is 1. The number of benzene rings is 1. The predicted molar refractivity (Wildman–Crippen MR) is 76.1 cm³/mol. The van der Waals surface area contributed by atoms with E-state index < -0.39 is 23.9 Å². The summed E-state index contributed by atoms with van der Waals surface area (Å²) in [7, 11) is 0. The number of ether oxygens (including phenoxy) is 1. The van der Waals surface area contributed by atoms with Gasteiger partial charge in [-0.05, 0) is 24.6 Å². The predicted octanol–water partition coefficient (Wildman–Crippen LogP) is 1.26. The first-order chi connectivity index (χ1) is 9.88. The SMILES string of the molecule is O=C(O)CC[C@H](NC(=O)COc1cccc(Br)c1)C(=O)O. The maximum Gasteiger partial charge on any atom is 0.326 e. The largest absolute Gasteiger partial charge is 0.484 e. The third-order valence-electron chi connectivity index (χ3n) is 2.45. The minimum Gasteiger partial charge on any atom is -0.484 e. The highest BCUT2D eigenvalue weighted by molar-refractivity contribution is 9.10. The van der Waals surface area contributed by atoms with Gasteiger partial charge in [-0.15, -0.1) is 0 Å². The van der Waals surface area contributed by atoms with Crippen LogP contribution < -0.4 is 10.1 Å². The first-order valence-corrected chi connectivity index (χ1v) is 6.80. The number of carboxylic acid groups (broad SMARTS) is 2. The summed E-state index contributed by atoms with van der Waals surface area (Å²) < 4.78 is 5.99. The summed E-state index contributed by atoms with van der Waals surface area (Å²) in [4.78, 5) is 32.9. The van der Waals surface area contributed by atoms with Crippen molar-refractivity contribution in [3.05, 3.63) is 28.7 Å². The highest BCUT2D eigenvalue weighted by atomic mass is 79.9. The number of halogens is 1.